The Kier molecular flexibility index (Phi) is 9.86. The van der Waals surface area contributed by atoms with E-state index in [1.54, 1.807) is 6.07 Å². The number of fused-ring (bicyclic) bond motifs is 1. The number of piperidine rings is 1. The number of aryl methyl sites for hydroxylation is 1. The van der Waals surface area contributed by atoms with Crippen molar-refractivity contribution in [1.29, 1.82) is 0 Å². The molecule has 1 atom stereocenters. The molecular weight excluding hydrogens is 512 g/mol. The molecule has 41 heavy (non-hydrogen) atoms. The molecule has 6 nitrogen and oxygen atoms in total. The molecule has 0 saturated carbocycles. The van der Waals surface area contributed by atoms with E-state index in [1.807, 2.05) is 30.3 Å². The zero-order valence-electron chi connectivity index (χ0n) is 24.1. The van der Waals surface area contributed by atoms with E-state index in [0.29, 0.717) is 30.2 Å². The van der Waals surface area contributed by atoms with Gasteiger partial charge in [-0.25, -0.2) is 0 Å². The van der Waals surface area contributed by atoms with Gasteiger partial charge in [0, 0.05) is 30.0 Å². The number of hydrogen-bond donors (Lipinski definition) is 2. The molecule has 0 aromatic heterocycles. The number of ketones is 2. The number of carbonyl (C=O) groups is 2. The average molecular weight is 555 g/mol. The van der Waals surface area contributed by atoms with Gasteiger partial charge in [-0.2, -0.15) is 0 Å². The predicted octanol–water partition coefficient (Wildman–Crippen LogP) is 5.82. The molecule has 1 saturated heterocycles. The van der Waals surface area contributed by atoms with Gasteiger partial charge in [0.25, 0.3) is 0 Å². The normalized spacial score (nSPS) is 17.8. The maximum atomic E-state index is 13.3. The van der Waals surface area contributed by atoms with Crippen molar-refractivity contribution in [2.75, 3.05) is 39.8 Å². The molecule has 0 radical (unpaired) electrons. The van der Waals surface area contributed by atoms with Crippen LogP contribution in [0.1, 0.15) is 75.4 Å². The summed E-state index contributed by atoms with van der Waals surface area (Å²) in [5, 5.41) is 13.1. The van der Waals surface area contributed by atoms with Crippen LogP contribution in [-0.4, -0.2) is 61.4 Å². The topological polar surface area (TPSA) is 78.9 Å². The maximum Gasteiger partial charge on any atom is 0.166 e. The molecule has 3 aromatic rings. The molecule has 1 fully saturated rings. The second kappa shape index (κ2) is 13.9. The van der Waals surface area contributed by atoms with Crippen LogP contribution in [0.2, 0.25) is 0 Å². The van der Waals surface area contributed by atoms with E-state index in [2.05, 4.69) is 40.5 Å². The van der Waals surface area contributed by atoms with Crippen LogP contribution in [0, 0.1) is 5.92 Å². The van der Waals surface area contributed by atoms with Crippen LogP contribution >= 0.6 is 0 Å². The van der Waals surface area contributed by atoms with Crippen LogP contribution < -0.4 is 10.1 Å². The van der Waals surface area contributed by atoms with Crippen molar-refractivity contribution in [2.24, 2.45) is 5.92 Å². The number of phenolic OH excluding ortho intramolecular Hbond substituents is 1. The molecule has 1 aliphatic carbocycles. The Bertz CT molecular complexity index is 1330. The van der Waals surface area contributed by atoms with Gasteiger partial charge in [0.05, 0.1) is 7.11 Å². The maximum absolute atomic E-state index is 13.3. The van der Waals surface area contributed by atoms with Crippen molar-refractivity contribution in [3.05, 3.63) is 94.5 Å². The number of rotatable bonds is 12. The zero-order chi connectivity index (χ0) is 28.6. The number of aromatic hydroxyl groups is 1. The van der Waals surface area contributed by atoms with Crippen molar-refractivity contribution in [1.82, 2.24) is 10.2 Å². The fraction of sp³-hybridized carbons (Fsp3) is 0.429. The summed E-state index contributed by atoms with van der Waals surface area (Å²) in [6.45, 7) is 4.50. The smallest absolute Gasteiger partial charge is 0.166 e. The van der Waals surface area contributed by atoms with Crippen molar-refractivity contribution in [3.63, 3.8) is 0 Å². The summed E-state index contributed by atoms with van der Waals surface area (Å²) in [4.78, 5) is 28.7. The summed E-state index contributed by atoms with van der Waals surface area (Å²) in [6.07, 6.45) is 6.20. The van der Waals surface area contributed by atoms with Crippen LogP contribution in [0.3, 0.4) is 0 Å². The number of Topliss-reactive ketones (excluding diaryl/α,β-unsaturated/α-hetero) is 2. The minimum Gasteiger partial charge on any atom is -0.504 e. The van der Waals surface area contributed by atoms with Gasteiger partial charge >= 0.3 is 0 Å². The van der Waals surface area contributed by atoms with Crippen molar-refractivity contribution in [2.45, 2.75) is 50.9 Å². The first-order chi connectivity index (χ1) is 20.0. The Morgan fingerprint density at radius 2 is 1.80 bits per heavy atom. The van der Waals surface area contributed by atoms with E-state index < -0.39 is 0 Å². The molecule has 216 valence electrons. The summed E-state index contributed by atoms with van der Waals surface area (Å²) >= 11 is 0. The highest BCUT2D eigenvalue weighted by molar-refractivity contribution is 6.02. The summed E-state index contributed by atoms with van der Waals surface area (Å²) in [6, 6.07) is 21.8. The summed E-state index contributed by atoms with van der Waals surface area (Å²) in [5.41, 5.74) is 5.04. The molecule has 0 spiro atoms. The summed E-state index contributed by atoms with van der Waals surface area (Å²) in [5.74, 6) is 1.67. The zero-order valence-corrected chi connectivity index (χ0v) is 24.1. The number of benzene rings is 3. The van der Waals surface area contributed by atoms with E-state index in [1.165, 1.54) is 25.5 Å². The number of likely N-dealkylation sites (tertiary alicyclic amines) is 1. The molecule has 2 N–H and O–H groups in total. The Balaban J connectivity index is 1.04. The van der Waals surface area contributed by atoms with Gasteiger partial charge in [-0.15, -0.1) is 0 Å². The standard InChI is InChI=1S/C35H42N2O4/c1-41-34-23-25(7-12-33(34)39)13-18-36-19-14-32(38)30-10-11-31-29(24-30)9-8-28(35(31)40)17-22-37-20-15-27(16-21-37)26-5-3-2-4-6-26/h2-7,10-12,23-24,27-28,36,39H,8-9,13-22H2,1H3. The lowest BCUT2D eigenvalue weighted by atomic mass is 9.80. The number of hydrogen-bond acceptors (Lipinski definition) is 6. The van der Waals surface area contributed by atoms with E-state index in [4.69, 9.17) is 4.74 Å². The minimum absolute atomic E-state index is 0.0775. The van der Waals surface area contributed by atoms with Gasteiger partial charge < -0.3 is 20.1 Å². The Morgan fingerprint density at radius 1 is 1.00 bits per heavy atom. The van der Waals surface area contributed by atoms with Crippen molar-refractivity contribution in [3.8, 4) is 11.5 Å². The molecule has 0 bridgehead atoms. The first-order valence-electron chi connectivity index (χ1n) is 15.1. The Morgan fingerprint density at radius 3 is 2.59 bits per heavy atom. The van der Waals surface area contributed by atoms with Gasteiger partial charge in [-0.1, -0.05) is 48.5 Å². The van der Waals surface area contributed by atoms with Gasteiger partial charge in [-0.3, -0.25) is 9.59 Å². The average Bonchev–Trinajstić information content (AvgIpc) is 3.01. The van der Waals surface area contributed by atoms with Crippen LogP contribution in [0.5, 0.6) is 11.5 Å². The van der Waals surface area contributed by atoms with Crippen LogP contribution in [0.25, 0.3) is 0 Å². The summed E-state index contributed by atoms with van der Waals surface area (Å²) < 4.78 is 5.16. The number of methoxy groups -OCH3 is 1. The van der Waals surface area contributed by atoms with Gasteiger partial charge in [0.1, 0.15) is 0 Å². The van der Waals surface area contributed by atoms with Crippen LogP contribution in [0.15, 0.2) is 66.7 Å². The quantitative estimate of drug-likeness (QED) is 0.217. The SMILES string of the molecule is COc1cc(CCNCCC(=O)c2ccc3c(c2)CCC(CCN2CCC(c4ccccc4)CC2)C3=O)ccc1O. The van der Waals surface area contributed by atoms with Gasteiger partial charge in [-0.05, 0) is 106 Å². The first-order valence-corrected chi connectivity index (χ1v) is 15.1. The van der Waals surface area contributed by atoms with Crippen molar-refractivity contribution < 1.29 is 19.4 Å². The molecule has 1 aliphatic heterocycles. The monoisotopic (exact) mass is 554 g/mol. The third-order valence-electron chi connectivity index (χ3n) is 8.84. The third-order valence-corrected chi connectivity index (χ3v) is 8.84. The number of nitrogens with zero attached hydrogens (tertiary/aromatic N) is 1. The lowest BCUT2D eigenvalue weighted by Crippen LogP contribution is -2.35. The molecule has 2 aliphatic rings. The largest absolute Gasteiger partial charge is 0.504 e. The molecule has 1 unspecified atom stereocenters. The highest BCUT2D eigenvalue weighted by Gasteiger charge is 2.29. The molecule has 1 heterocycles. The highest BCUT2D eigenvalue weighted by Crippen LogP contribution is 2.31. The van der Waals surface area contributed by atoms with Crippen LogP contribution in [0.4, 0.5) is 0 Å². The third kappa shape index (κ3) is 7.43. The molecule has 5 rings (SSSR count). The predicted molar refractivity (Wildman–Crippen MR) is 162 cm³/mol. The first kappa shape index (κ1) is 29.0. The fourth-order valence-electron chi connectivity index (χ4n) is 6.31. The summed E-state index contributed by atoms with van der Waals surface area (Å²) in [7, 11) is 1.54. The lowest BCUT2D eigenvalue weighted by molar-refractivity contribution is 0.0876. The highest BCUT2D eigenvalue weighted by atomic mass is 16.5. The molecule has 3 aromatic carbocycles. The number of carbonyl (C=O) groups excluding carboxylic acids is 2. The van der Waals surface area contributed by atoms with E-state index in [-0.39, 0.29) is 23.2 Å². The second-order valence-electron chi connectivity index (χ2n) is 11.5. The van der Waals surface area contributed by atoms with E-state index in [9.17, 15) is 14.7 Å². The minimum atomic E-state index is 0.0775. The number of nitrogens with one attached hydrogen (secondary N) is 1. The Hall–Kier alpha value is -3.48. The van der Waals surface area contributed by atoms with E-state index in [0.717, 1.165) is 68.6 Å². The molecule has 0 amide bonds. The van der Waals surface area contributed by atoms with Crippen LogP contribution in [-0.2, 0) is 12.8 Å². The van der Waals surface area contributed by atoms with Gasteiger partial charge in [0.15, 0.2) is 23.1 Å². The second-order valence-corrected chi connectivity index (χ2v) is 11.5. The molecule has 6 heteroatoms. The van der Waals surface area contributed by atoms with Gasteiger partial charge in [0.2, 0.25) is 0 Å². The van der Waals surface area contributed by atoms with Crippen molar-refractivity contribution >= 4 is 11.6 Å². The van der Waals surface area contributed by atoms with E-state index >= 15 is 0 Å². The Labute approximate surface area is 243 Å². The fourth-order valence-corrected chi connectivity index (χ4v) is 6.31. The number of phenols is 1. The molecular formula is C35H42N2O4. The number of ether oxygens (including phenoxy) is 1. The lowest BCUT2D eigenvalue weighted by Gasteiger charge is -2.33.